The molecule has 2 aromatic heterocycles. The van der Waals surface area contributed by atoms with Gasteiger partial charge < -0.3 is 10.1 Å². The third-order valence-electron chi connectivity index (χ3n) is 5.84. The van der Waals surface area contributed by atoms with Crippen molar-refractivity contribution >= 4 is 43.3 Å². The summed E-state index contributed by atoms with van der Waals surface area (Å²) in [5.74, 6) is 0.880. The summed E-state index contributed by atoms with van der Waals surface area (Å²) < 4.78 is 6.62. The summed E-state index contributed by atoms with van der Waals surface area (Å²) in [6.45, 7) is 6.49. The van der Waals surface area contributed by atoms with Gasteiger partial charge in [-0.1, -0.05) is 57.9 Å². The molecule has 0 spiro atoms. The summed E-state index contributed by atoms with van der Waals surface area (Å²) >= 11 is 5.26. The van der Waals surface area contributed by atoms with Crippen LogP contribution < -0.4 is 5.32 Å². The number of aromatic nitrogens is 2. The maximum Gasteiger partial charge on any atom is 0.139 e. The first-order chi connectivity index (χ1) is 15.7. The lowest BCUT2D eigenvalue weighted by molar-refractivity contribution is 0.0361. The second-order valence-corrected chi connectivity index (χ2v) is 9.86. The molecule has 5 rings (SSSR count). The number of aryl methyl sites for hydroxylation is 1. The average Bonchev–Trinajstić information content (AvgIpc) is 3.25. The van der Waals surface area contributed by atoms with Gasteiger partial charge in [0.05, 0.1) is 24.6 Å². The van der Waals surface area contributed by atoms with Crippen molar-refractivity contribution in [2.45, 2.75) is 13.0 Å². The molecule has 1 unspecified atom stereocenters. The van der Waals surface area contributed by atoms with E-state index in [-0.39, 0.29) is 6.04 Å². The van der Waals surface area contributed by atoms with Crippen LogP contribution in [-0.2, 0) is 4.74 Å². The molecule has 1 fully saturated rings. The normalized spacial score (nSPS) is 15.7. The Morgan fingerprint density at radius 3 is 2.72 bits per heavy atom. The molecular formula is C25H25BrN4OS. The summed E-state index contributed by atoms with van der Waals surface area (Å²) in [7, 11) is 0. The molecule has 0 amide bonds. The fraction of sp³-hybridized carbons (Fsp3) is 0.280. The van der Waals surface area contributed by atoms with E-state index in [1.54, 1.807) is 17.7 Å². The first-order valence-electron chi connectivity index (χ1n) is 10.8. The van der Waals surface area contributed by atoms with Crippen LogP contribution in [0.15, 0.2) is 64.7 Å². The fourth-order valence-electron chi connectivity index (χ4n) is 4.09. The number of morpholine rings is 1. The number of hydrogen-bond donors (Lipinski definition) is 1. The van der Waals surface area contributed by atoms with Crippen LogP contribution in [-0.4, -0.2) is 47.7 Å². The molecule has 4 aromatic rings. The molecule has 1 aliphatic rings. The zero-order valence-electron chi connectivity index (χ0n) is 17.9. The van der Waals surface area contributed by atoms with Crippen molar-refractivity contribution in [1.82, 2.24) is 14.9 Å². The van der Waals surface area contributed by atoms with Crippen molar-refractivity contribution in [1.29, 1.82) is 0 Å². The van der Waals surface area contributed by atoms with Crippen LogP contribution >= 0.6 is 27.3 Å². The van der Waals surface area contributed by atoms with E-state index in [9.17, 15) is 0 Å². The summed E-state index contributed by atoms with van der Waals surface area (Å²) in [4.78, 5) is 12.7. The highest BCUT2D eigenvalue weighted by Gasteiger charge is 2.21. The monoisotopic (exact) mass is 508 g/mol. The smallest absolute Gasteiger partial charge is 0.139 e. The lowest BCUT2D eigenvalue weighted by atomic mass is 10.0. The van der Waals surface area contributed by atoms with E-state index in [4.69, 9.17) is 9.72 Å². The maximum atomic E-state index is 5.56. The highest BCUT2D eigenvalue weighted by Crippen LogP contribution is 2.38. The first kappa shape index (κ1) is 21.5. The Morgan fingerprint density at radius 2 is 1.94 bits per heavy atom. The van der Waals surface area contributed by atoms with Gasteiger partial charge in [0.2, 0.25) is 0 Å². The predicted octanol–water partition coefficient (Wildman–Crippen LogP) is 5.91. The molecule has 2 aromatic carbocycles. The van der Waals surface area contributed by atoms with Crippen LogP contribution in [0.3, 0.4) is 0 Å². The van der Waals surface area contributed by atoms with E-state index in [1.807, 2.05) is 6.07 Å². The largest absolute Gasteiger partial charge is 0.379 e. The predicted molar refractivity (Wildman–Crippen MR) is 135 cm³/mol. The number of rotatable bonds is 6. The molecule has 3 heterocycles. The number of fused-ring (bicyclic) bond motifs is 1. The Kier molecular flexibility index (Phi) is 6.50. The number of nitrogens with one attached hydrogen (secondary N) is 1. The number of nitrogens with zero attached hydrogens (tertiary/aromatic N) is 3. The standard InChI is InChI=1S/C25H25BrN4OS/c1-17-5-7-18(8-6-17)22(14-30-9-11-31-12-10-30)29-24-23-21(15-32-25(23)28-16-27-24)19-3-2-4-20(26)13-19/h2-8,13,15-16,22H,9-12,14H2,1H3,(H,27,28,29). The maximum absolute atomic E-state index is 5.56. The van der Waals surface area contributed by atoms with Crippen LogP contribution in [0, 0.1) is 6.92 Å². The Bertz CT molecular complexity index is 1200. The molecular weight excluding hydrogens is 484 g/mol. The lowest BCUT2D eigenvalue weighted by Crippen LogP contribution is -2.40. The number of anilines is 1. The molecule has 1 aliphatic heterocycles. The third kappa shape index (κ3) is 4.71. The van der Waals surface area contributed by atoms with Crippen LogP contribution in [0.1, 0.15) is 17.2 Å². The molecule has 1 N–H and O–H groups in total. The van der Waals surface area contributed by atoms with Crippen LogP contribution in [0.25, 0.3) is 21.3 Å². The van der Waals surface area contributed by atoms with E-state index in [1.165, 1.54) is 11.1 Å². The molecule has 1 saturated heterocycles. The van der Waals surface area contributed by atoms with Gasteiger partial charge in [0.25, 0.3) is 0 Å². The van der Waals surface area contributed by atoms with Crippen molar-refractivity contribution in [2.75, 3.05) is 38.2 Å². The van der Waals surface area contributed by atoms with Crippen molar-refractivity contribution < 1.29 is 4.74 Å². The summed E-state index contributed by atoms with van der Waals surface area (Å²) in [5, 5.41) is 7.03. The Labute approximate surface area is 200 Å². The SMILES string of the molecule is Cc1ccc(C(CN2CCOCC2)Nc2ncnc3scc(-c4cccc(Br)c4)c23)cc1. The second kappa shape index (κ2) is 9.67. The number of thiophene rings is 1. The number of ether oxygens (including phenoxy) is 1. The quantitative estimate of drug-likeness (QED) is 0.350. The minimum atomic E-state index is 0.113. The number of benzene rings is 2. The number of halogens is 1. The van der Waals surface area contributed by atoms with E-state index in [0.717, 1.165) is 64.5 Å². The van der Waals surface area contributed by atoms with Crippen LogP contribution in [0.4, 0.5) is 5.82 Å². The van der Waals surface area contributed by atoms with E-state index >= 15 is 0 Å². The van der Waals surface area contributed by atoms with E-state index < -0.39 is 0 Å². The van der Waals surface area contributed by atoms with Gasteiger partial charge in [0.1, 0.15) is 17.0 Å². The summed E-state index contributed by atoms with van der Waals surface area (Å²) in [6, 6.07) is 17.3. The molecule has 1 atom stereocenters. The van der Waals surface area contributed by atoms with Crippen molar-refractivity contribution in [3.63, 3.8) is 0 Å². The van der Waals surface area contributed by atoms with Gasteiger partial charge in [-0.25, -0.2) is 9.97 Å². The topological polar surface area (TPSA) is 50.3 Å². The van der Waals surface area contributed by atoms with Crippen LogP contribution in [0.5, 0.6) is 0 Å². The molecule has 0 bridgehead atoms. The van der Waals surface area contributed by atoms with Gasteiger partial charge in [-0.3, -0.25) is 4.90 Å². The zero-order chi connectivity index (χ0) is 21.9. The van der Waals surface area contributed by atoms with Crippen molar-refractivity contribution in [3.05, 3.63) is 75.8 Å². The van der Waals surface area contributed by atoms with Gasteiger partial charge in [0.15, 0.2) is 0 Å². The first-order valence-corrected chi connectivity index (χ1v) is 12.5. The summed E-state index contributed by atoms with van der Waals surface area (Å²) in [6.07, 6.45) is 1.66. The van der Waals surface area contributed by atoms with Gasteiger partial charge >= 0.3 is 0 Å². The average molecular weight is 509 g/mol. The molecule has 0 radical (unpaired) electrons. The van der Waals surface area contributed by atoms with Crippen molar-refractivity contribution in [2.24, 2.45) is 0 Å². The zero-order valence-corrected chi connectivity index (χ0v) is 20.3. The Morgan fingerprint density at radius 1 is 1.12 bits per heavy atom. The van der Waals surface area contributed by atoms with Gasteiger partial charge in [-0.15, -0.1) is 11.3 Å². The van der Waals surface area contributed by atoms with E-state index in [2.05, 4.69) is 85.9 Å². The molecule has 0 aliphatic carbocycles. The molecule has 164 valence electrons. The third-order valence-corrected chi connectivity index (χ3v) is 7.22. The van der Waals surface area contributed by atoms with Gasteiger partial charge in [0, 0.05) is 35.1 Å². The Hall–Kier alpha value is -2.32. The highest BCUT2D eigenvalue weighted by molar-refractivity contribution is 9.10. The number of hydrogen-bond acceptors (Lipinski definition) is 6. The lowest BCUT2D eigenvalue weighted by Gasteiger charge is -2.31. The van der Waals surface area contributed by atoms with Crippen molar-refractivity contribution in [3.8, 4) is 11.1 Å². The minimum Gasteiger partial charge on any atom is -0.379 e. The van der Waals surface area contributed by atoms with E-state index in [0.29, 0.717) is 0 Å². The second-order valence-electron chi connectivity index (χ2n) is 8.08. The summed E-state index contributed by atoms with van der Waals surface area (Å²) in [5.41, 5.74) is 4.83. The van der Waals surface area contributed by atoms with Gasteiger partial charge in [-0.2, -0.15) is 0 Å². The highest BCUT2D eigenvalue weighted by atomic mass is 79.9. The minimum absolute atomic E-state index is 0.113. The molecule has 7 heteroatoms. The Balaban J connectivity index is 1.53. The molecule has 5 nitrogen and oxygen atoms in total. The van der Waals surface area contributed by atoms with Crippen LogP contribution in [0.2, 0.25) is 0 Å². The fourth-order valence-corrected chi connectivity index (χ4v) is 5.41. The van der Waals surface area contributed by atoms with Gasteiger partial charge in [-0.05, 0) is 30.2 Å². The molecule has 32 heavy (non-hydrogen) atoms. The molecule has 0 saturated carbocycles.